The van der Waals surface area contributed by atoms with E-state index in [2.05, 4.69) is 0 Å². The Bertz CT molecular complexity index is 768. The number of fused-ring (bicyclic) bond motifs is 1. The fourth-order valence-corrected chi connectivity index (χ4v) is 2.37. The highest BCUT2D eigenvalue weighted by atomic mass is 16.4. The molecule has 0 unspecified atom stereocenters. The van der Waals surface area contributed by atoms with Crippen LogP contribution in [0.3, 0.4) is 0 Å². The van der Waals surface area contributed by atoms with Crippen molar-refractivity contribution in [2.45, 2.75) is 24.9 Å². The maximum atomic E-state index is 12.4. The van der Waals surface area contributed by atoms with E-state index in [4.69, 9.17) is 21.7 Å². The van der Waals surface area contributed by atoms with Gasteiger partial charge in [0.15, 0.2) is 0 Å². The average molecular weight is 319 g/mol. The van der Waals surface area contributed by atoms with Gasteiger partial charge in [0, 0.05) is 18.0 Å². The molecule has 0 aliphatic carbocycles. The minimum atomic E-state index is -1.19. The van der Waals surface area contributed by atoms with Gasteiger partial charge in [-0.05, 0) is 11.6 Å². The molecule has 0 radical (unpaired) electrons. The summed E-state index contributed by atoms with van der Waals surface area (Å²) in [5, 5.41) is 18.4. The quantitative estimate of drug-likeness (QED) is 0.587. The third-order valence-electron chi connectivity index (χ3n) is 3.50. The third-order valence-corrected chi connectivity index (χ3v) is 3.50. The van der Waals surface area contributed by atoms with Gasteiger partial charge < -0.3 is 21.7 Å². The Kier molecular flexibility index (Phi) is 4.77. The monoisotopic (exact) mass is 319 g/mol. The molecule has 2 atom stereocenters. The Morgan fingerprint density at radius 2 is 1.74 bits per heavy atom. The van der Waals surface area contributed by atoms with Crippen molar-refractivity contribution in [3.05, 3.63) is 36.0 Å². The lowest BCUT2D eigenvalue weighted by Crippen LogP contribution is -2.36. The molecule has 122 valence electrons. The predicted octanol–water partition coefficient (Wildman–Crippen LogP) is 0.0379. The zero-order valence-electron chi connectivity index (χ0n) is 12.2. The third kappa shape index (κ3) is 3.55. The lowest BCUT2D eigenvalue weighted by Gasteiger charge is -2.09. The van der Waals surface area contributed by atoms with Crippen molar-refractivity contribution < 1.29 is 24.6 Å². The highest BCUT2D eigenvalue weighted by Crippen LogP contribution is 2.23. The molecular weight excluding hydrogens is 302 g/mol. The summed E-state index contributed by atoms with van der Waals surface area (Å²) in [6.45, 7) is 0. The summed E-state index contributed by atoms with van der Waals surface area (Å²) in [6, 6.07) is 4.60. The van der Waals surface area contributed by atoms with Crippen LogP contribution >= 0.6 is 0 Å². The van der Waals surface area contributed by atoms with Gasteiger partial charge in [-0.2, -0.15) is 0 Å². The zero-order chi connectivity index (χ0) is 17.1. The molecule has 8 nitrogen and oxygen atoms in total. The molecule has 1 heterocycles. The fourth-order valence-electron chi connectivity index (χ4n) is 2.37. The summed E-state index contributed by atoms with van der Waals surface area (Å²) >= 11 is 0. The van der Waals surface area contributed by atoms with E-state index in [9.17, 15) is 14.4 Å². The standard InChI is InChI=1S/C15H17N3O5/c16-10(6-13(19)20)14(21)18-7-8(5-11(17)15(22)23)9-3-1-2-4-12(9)18/h1-4,7,10-11H,5-6,16-17H2,(H,19,20)(H,22,23)/t10-,11-/m0/s1. The van der Waals surface area contributed by atoms with Gasteiger partial charge in [-0.3, -0.25) is 19.0 Å². The van der Waals surface area contributed by atoms with E-state index in [1.54, 1.807) is 24.3 Å². The van der Waals surface area contributed by atoms with Gasteiger partial charge in [-0.25, -0.2) is 0 Å². The van der Waals surface area contributed by atoms with Crippen LogP contribution in [0.2, 0.25) is 0 Å². The number of hydrogen-bond acceptors (Lipinski definition) is 5. The van der Waals surface area contributed by atoms with Crippen molar-refractivity contribution in [3.63, 3.8) is 0 Å². The highest BCUT2D eigenvalue weighted by molar-refractivity contribution is 5.98. The van der Waals surface area contributed by atoms with Crippen LogP contribution in [0.5, 0.6) is 0 Å². The van der Waals surface area contributed by atoms with Crippen LogP contribution in [0.1, 0.15) is 16.8 Å². The second-order valence-electron chi connectivity index (χ2n) is 5.23. The van der Waals surface area contributed by atoms with Crippen LogP contribution in [-0.2, 0) is 16.0 Å². The first-order valence-corrected chi connectivity index (χ1v) is 6.90. The SMILES string of the molecule is N[C@@H](Cc1cn(C(=O)[C@@H](N)CC(=O)O)c2ccccc12)C(=O)O. The van der Waals surface area contributed by atoms with Crippen LogP contribution in [0.15, 0.2) is 30.5 Å². The van der Waals surface area contributed by atoms with E-state index in [-0.39, 0.29) is 6.42 Å². The van der Waals surface area contributed by atoms with Crippen LogP contribution in [0, 0.1) is 0 Å². The van der Waals surface area contributed by atoms with E-state index < -0.39 is 36.4 Å². The molecule has 0 saturated carbocycles. The lowest BCUT2D eigenvalue weighted by atomic mass is 10.1. The minimum Gasteiger partial charge on any atom is -0.481 e. The molecule has 0 fully saturated rings. The number of carboxylic acid groups (broad SMARTS) is 2. The number of nitrogens with zero attached hydrogens (tertiary/aromatic N) is 1. The molecule has 0 bridgehead atoms. The number of aromatic nitrogens is 1. The van der Waals surface area contributed by atoms with E-state index in [1.807, 2.05) is 0 Å². The van der Waals surface area contributed by atoms with Crippen molar-refractivity contribution in [1.82, 2.24) is 4.57 Å². The first kappa shape index (κ1) is 16.7. The van der Waals surface area contributed by atoms with Gasteiger partial charge >= 0.3 is 11.9 Å². The fraction of sp³-hybridized carbons (Fsp3) is 0.267. The van der Waals surface area contributed by atoms with Crippen molar-refractivity contribution in [2.75, 3.05) is 0 Å². The maximum Gasteiger partial charge on any atom is 0.320 e. The first-order valence-electron chi connectivity index (χ1n) is 6.90. The number of aliphatic carboxylic acids is 2. The van der Waals surface area contributed by atoms with E-state index in [1.165, 1.54) is 10.8 Å². The number of para-hydroxylation sites is 1. The molecule has 1 aromatic carbocycles. The second-order valence-corrected chi connectivity index (χ2v) is 5.23. The molecule has 1 aromatic heterocycles. The number of hydrogen-bond donors (Lipinski definition) is 4. The Morgan fingerprint density at radius 3 is 2.35 bits per heavy atom. The normalized spacial score (nSPS) is 13.7. The summed E-state index contributed by atoms with van der Waals surface area (Å²) in [6.07, 6.45) is 1.02. The number of carboxylic acids is 2. The molecule has 2 rings (SSSR count). The van der Waals surface area contributed by atoms with Crippen molar-refractivity contribution in [3.8, 4) is 0 Å². The molecule has 0 saturated heterocycles. The molecule has 8 heteroatoms. The summed E-state index contributed by atoms with van der Waals surface area (Å²) in [4.78, 5) is 34.0. The van der Waals surface area contributed by atoms with E-state index >= 15 is 0 Å². The van der Waals surface area contributed by atoms with Crippen molar-refractivity contribution >= 4 is 28.7 Å². The van der Waals surface area contributed by atoms with Gasteiger partial charge in [-0.15, -0.1) is 0 Å². The van der Waals surface area contributed by atoms with Gasteiger partial charge in [0.1, 0.15) is 6.04 Å². The molecule has 0 amide bonds. The number of carbonyl (C=O) groups is 3. The summed E-state index contributed by atoms with van der Waals surface area (Å²) in [7, 11) is 0. The van der Waals surface area contributed by atoms with Crippen molar-refractivity contribution in [1.29, 1.82) is 0 Å². The van der Waals surface area contributed by atoms with E-state index in [0.29, 0.717) is 16.5 Å². The first-order chi connectivity index (χ1) is 10.8. The number of rotatable bonds is 6. The van der Waals surface area contributed by atoms with Gasteiger partial charge in [-0.1, -0.05) is 18.2 Å². The molecule has 23 heavy (non-hydrogen) atoms. The average Bonchev–Trinajstić information content (AvgIpc) is 2.84. The van der Waals surface area contributed by atoms with Crippen LogP contribution in [-0.4, -0.2) is 44.7 Å². The largest absolute Gasteiger partial charge is 0.481 e. The highest BCUT2D eigenvalue weighted by Gasteiger charge is 2.23. The maximum absolute atomic E-state index is 12.4. The van der Waals surface area contributed by atoms with Gasteiger partial charge in [0.05, 0.1) is 18.0 Å². The second kappa shape index (κ2) is 6.59. The van der Waals surface area contributed by atoms with Crippen LogP contribution in [0.25, 0.3) is 10.9 Å². The minimum absolute atomic E-state index is 0.0459. The van der Waals surface area contributed by atoms with E-state index in [0.717, 1.165) is 0 Å². The molecular formula is C15H17N3O5. The smallest absolute Gasteiger partial charge is 0.320 e. The summed E-state index contributed by atoms with van der Waals surface area (Å²) in [5.41, 5.74) is 12.3. The molecule has 2 aromatic rings. The van der Waals surface area contributed by atoms with Crippen LogP contribution in [0.4, 0.5) is 0 Å². The predicted molar refractivity (Wildman–Crippen MR) is 82.1 cm³/mol. The topological polar surface area (TPSA) is 149 Å². The van der Waals surface area contributed by atoms with Gasteiger partial charge in [0.2, 0.25) is 5.91 Å². The Hall–Kier alpha value is -2.71. The summed E-state index contributed by atoms with van der Waals surface area (Å²) < 4.78 is 1.26. The number of carbonyl (C=O) groups excluding carboxylic acids is 1. The van der Waals surface area contributed by atoms with Crippen LogP contribution < -0.4 is 11.5 Å². The Labute approximate surface area is 131 Å². The Balaban J connectivity index is 2.43. The lowest BCUT2D eigenvalue weighted by molar-refractivity contribution is -0.139. The number of benzene rings is 1. The molecule has 0 aliphatic heterocycles. The molecule has 6 N–H and O–H groups in total. The van der Waals surface area contributed by atoms with Gasteiger partial charge in [0.25, 0.3) is 0 Å². The zero-order valence-corrected chi connectivity index (χ0v) is 12.2. The molecule has 0 spiro atoms. The Morgan fingerprint density at radius 1 is 1.09 bits per heavy atom. The number of nitrogens with two attached hydrogens (primary N) is 2. The van der Waals surface area contributed by atoms with Crippen molar-refractivity contribution in [2.24, 2.45) is 11.5 Å². The summed E-state index contributed by atoms with van der Waals surface area (Å²) in [5.74, 6) is -2.88. The molecule has 0 aliphatic rings.